The van der Waals surface area contributed by atoms with Crippen molar-refractivity contribution < 1.29 is 22.5 Å². The average Bonchev–Trinajstić information content (AvgIpc) is 3.37. The lowest BCUT2D eigenvalue weighted by atomic mass is 10.1. The van der Waals surface area contributed by atoms with Gasteiger partial charge in [-0.05, 0) is 31.7 Å². The van der Waals surface area contributed by atoms with Crippen LogP contribution in [0.2, 0.25) is 0 Å². The van der Waals surface area contributed by atoms with Gasteiger partial charge in [-0.15, -0.1) is 0 Å². The van der Waals surface area contributed by atoms with E-state index in [1.54, 1.807) is 6.20 Å². The third-order valence-corrected chi connectivity index (χ3v) is 7.76. The quantitative estimate of drug-likeness (QED) is 0.502. The number of fused-ring (bicyclic) bond motifs is 1. The lowest BCUT2D eigenvalue weighted by Crippen LogP contribution is -2.29. The van der Waals surface area contributed by atoms with Crippen LogP contribution < -0.4 is 14.9 Å². The zero-order valence-electron chi connectivity index (χ0n) is 17.4. The van der Waals surface area contributed by atoms with Crippen LogP contribution in [0.15, 0.2) is 18.5 Å². The van der Waals surface area contributed by atoms with E-state index in [-0.39, 0.29) is 18.2 Å². The van der Waals surface area contributed by atoms with Gasteiger partial charge >= 0.3 is 12.2 Å². The number of hydrogen-bond donors (Lipinski definition) is 2. The number of carbonyl (C=O) groups is 1. The highest BCUT2D eigenvalue weighted by atomic mass is 32.2. The zero-order chi connectivity index (χ0) is 23.3. The molecule has 2 amide bonds. The molecule has 5 rings (SSSR count). The van der Waals surface area contributed by atoms with Gasteiger partial charge in [0.25, 0.3) is 0 Å². The fraction of sp³-hybridized carbons (Fsp3) is 0.400. The first-order valence-electron chi connectivity index (χ1n) is 10.3. The van der Waals surface area contributed by atoms with Crippen molar-refractivity contribution in [3.05, 3.63) is 34.6 Å². The predicted molar refractivity (Wildman–Crippen MR) is 121 cm³/mol. The van der Waals surface area contributed by atoms with E-state index in [2.05, 4.69) is 25.6 Å². The molecule has 3 aromatic rings. The van der Waals surface area contributed by atoms with Gasteiger partial charge in [0, 0.05) is 12.0 Å². The molecule has 1 atom stereocenters. The molecule has 4 heterocycles. The normalized spacial score (nSPS) is 18.7. The standard InChI is InChI=1S/C20H19F3N6O2S2/c1-10-26-16-15(11-3-4-11)14(9-25-18(16)32-10)28-19(30)27-12-7-13(20(21,22)23)17(24-8-12)29-5-2-6-33(29)31/h7-9,11H,2-6H2,1H3,(H2,27,28,30). The summed E-state index contributed by atoms with van der Waals surface area (Å²) >= 11 is -0.0864. The number of pyridine rings is 2. The van der Waals surface area contributed by atoms with E-state index in [4.69, 9.17) is 0 Å². The summed E-state index contributed by atoms with van der Waals surface area (Å²) in [5.74, 6) is 0.169. The number of aryl methyl sites for hydroxylation is 1. The molecule has 0 spiro atoms. The van der Waals surface area contributed by atoms with E-state index >= 15 is 0 Å². The Hall–Kier alpha value is -2.64. The number of thiazole rings is 1. The highest BCUT2D eigenvalue weighted by molar-refractivity contribution is 7.93. The van der Waals surface area contributed by atoms with E-state index in [9.17, 15) is 22.5 Å². The highest BCUT2D eigenvalue weighted by Gasteiger charge is 2.40. The van der Waals surface area contributed by atoms with Crippen LogP contribution in [0.3, 0.4) is 0 Å². The number of aromatic nitrogens is 3. The van der Waals surface area contributed by atoms with Crippen molar-refractivity contribution in [1.82, 2.24) is 15.0 Å². The summed E-state index contributed by atoms with van der Waals surface area (Å²) in [6, 6.07) is 0.0993. The second-order valence-corrected chi connectivity index (χ2v) is 10.6. The highest BCUT2D eigenvalue weighted by Crippen LogP contribution is 2.46. The molecule has 2 aliphatic rings. The molecule has 8 nitrogen and oxygen atoms in total. The molecule has 13 heteroatoms. The van der Waals surface area contributed by atoms with Crippen LogP contribution in [-0.2, 0) is 17.5 Å². The smallest absolute Gasteiger partial charge is 0.420 e. The van der Waals surface area contributed by atoms with Gasteiger partial charge in [0.1, 0.15) is 21.7 Å². The number of nitrogens with zero attached hydrogens (tertiary/aromatic N) is 4. The summed E-state index contributed by atoms with van der Waals surface area (Å²) < 4.78 is 54.2. The number of halogens is 3. The maximum atomic E-state index is 13.7. The SMILES string of the molecule is Cc1nc2c(C3CC3)c(NC(=O)Nc3cnc(N4CCC[S+]4[O-])c(C(F)(F)F)c3)cnc2s1. The Kier molecular flexibility index (Phi) is 5.57. The number of carbonyl (C=O) groups excluding carboxylic acids is 1. The Morgan fingerprint density at radius 3 is 2.73 bits per heavy atom. The van der Waals surface area contributed by atoms with Crippen molar-refractivity contribution in [2.45, 2.75) is 38.3 Å². The van der Waals surface area contributed by atoms with Gasteiger partial charge in [0.05, 0.1) is 46.7 Å². The van der Waals surface area contributed by atoms with Crippen molar-refractivity contribution in [2.75, 3.05) is 27.2 Å². The first-order valence-corrected chi connectivity index (χ1v) is 12.4. The summed E-state index contributed by atoms with van der Waals surface area (Å²) in [4.78, 5) is 26.2. The molecule has 0 bridgehead atoms. The molecule has 2 N–H and O–H groups in total. The van der Waals surface area contributed by atoms with E-state index in [0.717, 1.165) is 50.3 Å². The van der Waals surface area contributed by atoms with Gasteiger partial charge in [-0.2, -0.15) is 17.5 Å². The lowest BCUT2D eigenvalue weighted by molar-refractivity contribution is -0.137. The topological polar surface area (TPSA) is 106 Å². The monoisotopic (exact) mass is 496 g/mol. The minimum atomic E-state index is -4.72. The van der Waals surface area contributed by atoms with Gasteiger partial charge in [0.15, 0.2) is 5.82 Å². The third kappa shape index (κ3) is 4.44. The molecule has 1 aliphatic heterocycles. The molecule has 0 radical (unpaired) electrons. The molecule has 1 aliphatic carbocycles. The zero-order valence-corrected chi connectivity index (χ0v) is 19.0. The minimum Gasteiger partial charge on any atom is -0.593 e. The predicted octanol–water partition coefficient (Wildman–Crippen LogP) is 4.81. The second kappa shape index (κ2) is 8.29. The summed E-state index contributed by atoms with van der Waals surface area (Å²) in [5, 5.41) is 5.99. The number of amides is 2. The molecular formula is C20H19F3N6O2S2. The summed E-state index contributed by atoms with van der Waals surface area (Å²) in [5.41, 5.74) is 0.971. The van der Waals surface area contributed by atoms with Gasteiger partial charge in [-0.3, -0.25) is 0 Å². The fourth-order valence-corrected chi connectivity index (χ4v) is 5.89. The van der Waals surface area contributed by atoms with Gasteiger partial charge in [0.2, 0.25) is 0 Å². The maximum Gasteiger partial charge on any atom is 0.420 e. The van der Waals surface area contributed by atoms with E-state index in [1.807, 2.05) is 6.92 Å². The largest absolute Gasteiger partial charge is 0.593 e. The molecule has 3 aromatic heterocycles. The molecular weight excluding hydrogens is 477 g/mol. The Labute approximate surface area is 193 Å². The van der Waals surface area contributed by atoms with Crippen molar-refractivity contribution in [3.8, 4) is 0 Å². The van der Waals surface area contributed by atoms with Crippen molar-refractivity contribution in [2.24, 2.45) is 0 Å². The van der Waals surface area contributed by atoms with Gasteiger partial charge in [-0.25, -0.2) is 19.7 Å². The lowest BCUT2D eigenvalue weighted by Gasteiger charge is -2.22. The number of alkyl halides is 3. The minimum absolute atomic E-state index is 0.125. The molecule has 1 unspecified atom stereocenters. The molecule has 1 saturated heterocycles. The average molecular weight is 497 g/mol. The number of nitrogens with one attached hydrogen (secondary N) is 2. The number of urea groups is 1. The molecule has 174 valence electrons. The Morgan fingerprint density at radius 2 is 2.06 bits per heavy atom. The van der Waals surface area contributed by atoms with Gasteiger partial charge in [-0.1, -0.05) is 11.3 Å². The number of anilines is 3. The third-order valence-electron chi connectivity index (χ3n) is 5.40. The number of rotatable bonds is 4. The first-order chi connectivity index (χ1) is 15.7. The molecule has 33 heavy (non-hydrogen) atoms. The van der Waals surface area contributed by atoms with Crippen LogP contribution >= 0.6 is 11.3 Å². The van der Waals surface area contributed by atoms with Crippen LogP contribution in [0.1, 0.15) is 41.3 Å². The Morgan fingerprint density at radius 1 is 1.27 bits per heavy atom. The van der Waals surface area contributed by atoms with Crippen molar-refractivity contribution in [3.63, 3.8) is 0 Å². The van der Waals surface area contributed by atoms with E-state index in [0.29, 0.717) is 17.9 Å². The van der Waals surface area contributed by atoms with Crippen LogP contribution in [0.4, 0.5) is 35.2 Å². The van der Waals surface area contributed by atoms with Crippen LogP contribution in [-0.4, -0.2) is 37.8 Å². The van der Waals surface area contributed by atoms with Crippen LogP contribution in [0.5, 0.6) is 0 Å². The maximum absolute atomic E-state index is 13.7. The molecule has 0 aromatic carbocycles. The summed E-state index contributed by atoms with van der Waals surface area (Å²) in [6.07, 6.45) is 0.438. The number of hydrogen-bond acceptors (Lipinski definition) is 7. The first kappa shape index (κ1) is 22.2. The van der Waals surface area contributed by atoms with E-state index < -0.39 is 35.0 Å². The fourth-order valence-electron chi connectivity index (χ4n) is 3.85. The van der Waals surface area contributed by atoms with Crippen molar-refractivity contribution in [1.29, 1.82) is 0 Å². The van der Waals surface area contributed by atoms with Crippen LogP contribution in [0.25, 0.3) is 10.3 Å². The van der Waals surface area contributed by atoms with Crippen molar-refractivity contribution >= 4 is 56.3 Å². The molecule has 1 saturated carbocycles. The second-order valence-electron chi connectivity index (χ2n) is 7.90. The Bertz CT molecular complexity index is 1230. The van der Waals surface area contributed by atoms with Crippen LogP contribution in [0, 0.1) is 6.92 Å². The summed E-state index contributed by atoms with van der Waals surface area (Å²) in [6.45, 7) is 2.11. The van der Waals surface area contributed by atoms with Gasteiger partial charge < -0.3 is 15.2 Å². The molecule has 2 fully saturated rings. The summed E-state index contributed by atoms with van der Waals surface area (Å²) in [7, 11) is 0. The Balaban J connectivity index is 1.40. The van der Waals surface area contributed by atoms with E-state index in [1.165, 1.54) is 11.3 Å².